The predicted octanol–water partition coefficient (Wildman–Crippen LogP) is 1.96. The number of hydrogen-bond acceptors (Lipinski definition) is 5. The van der Waals surface area contributed by atoms with E-state index < -0.39 is 0 Å². The lowest BCUT2D eigenvalue weighted by molar-refractivity contribution is 0.0601. The standard InChI is InChI=1S/C14H18N4O2/c1-20-14(19)12-5-4-7-17-13(12)16-6-2-3-9-18-10-8-15-11-18/h4-5,7-8,10-11H,2-3,6,9H2,1H3,(H,16,17). The summed E-state index contributed by atoms with van der Waals surface area (Å²) < 4.78 is 6.77. The molecule has 6 nitrogen and oxygen atoms in total. The first-order valence-electron chi connectivity index (χ1n) is 6.54. The Labute approximate surface area is 117 Å². The van der Waals surface area contributed by atoms with E-state index in [2.05, 4.69) is 15.3 Å². The molecule has 0 aromatic carbocycles. The number of aryl methyl sites for hydroxylation is 1. The molecule has 2 heterocycles. The molecule has 106 valence electrons. The lowest BCUT2D eigenvalue weighted by Gasteiger charge is -2.09. The summed E-state index contributed by atoms with van der Waals surface area (Å²) in [6, 6.07) is 3.42. The van der Waals surface area contributed by atoms with Gasteiger partial charge in [0, 0.05) is 31.7 Å². The Bertz CT molecular complexity index is 540. The van der Waals surface area contributed by atoms with E-state index in [4.69, 9.17) is 4.74 Å². The van der Waals surface area contributed by atoms with Crippen LogP contribution in [0.15, 0.2) is 37.1 Å². The second-order valence-corrected chi connectivity index (χ2v) is 4.33. The van der Waals surface area contributed by atoms with Gasteiger partial charge in [0.05, 0.1) is 13.4 Å². The highest BCUT2D eigenvalue weighted by atomic mass is 16.5. The van der Waals surface area contributed by atoms with Crippen LogP contribution in [0.3, 0.4) is 0 Å². The zero-order chi connectivity index (χ0) is 14.2. The van der Waals surface area contributed by atoms with Gasteiger partial charge in [-0.3, -0.25) is 0 Å². The molecule has 2 rings (SSSR count). The van der Waals surface area contributed by atoms with Crippen molar-refractivity contribution >= 4 is 11.8 Å². The summed E-state index contributed by atoms with van der Waals surface area (Å²) in [5.74, 6) is 0.195. The summed E-state index contributed by atoms with van der Waals surface area (Å²) in [5, 5.41) is 3.17. The van der Waals surface area contributed by atoms with Crippen molar-refractivity contribution in [1.82, 2.24) is 14.5 Å². The van der Waals surface area contributed by atoms with E-state index in [0.29, 0.717) is 11.4 Å². The van der Waals surface area contributed by atoms with Crippen LogP contribution < -0.4 is 5.32 Å². The van der Waals surface area contributed by atoms with Gasteiger partial charge >= 0.3 is 5.97 Å². The van der Waals surface area contributed by atoms with E-state index in [0.717, 1.165) is 25.9 Å². The van der Waals surface area contributed by atoms with Gasteiger partial charge in [-0.1, -0.05) is 0 Å². The Morgan fingerprint density at radius 2 is 2.30 bits per heavy atom. The summed E-state index contributed by atoms with van der Waals surface area (Å²) in [5.41, 5.74) is 0.463. The van der Waals surface area contributed by atoms with Gasteiger partial charge in [-0.05, 0) is 25.0 Å². The number of ether oxygens (including phenoxy) is 1. The van der Waals surface area contributed by atoms with E-state index >= 15 is 0 Å². The Morgan fingerprint density at radius 3 is 3.05 bits per heavy atom. The molecule has 0 atom stereocenters. The number of imidazole rings is 1. The van der Waals surface area contributed by atoms with Gasteiger partial charge in [0.2, 0.25) is 0 Å². The van der Waals surface area contributed by atoms with Gasteiger partial charge in [0.15, 0.2) is 0 Å². The highest BCUT2D eigenvalue weighted by Gasteiger charge is 2.11. The summed E-state index contributed by atoms with van der Waals surface area (Å²) >= 11 is 0. The molecule has 0 saturated carbocycles. The van der Waals surface area contributed by atoms with E-state index in [1.807, 2.05) is 17.1 Å². The molecule has 20 heavy (non-hydrogen) atoms. The fraction of sp³-hybridized carbons (Fsp3) is 0.357. The van der Waals surface area contributed by atoms with Crippen LogP contribution in [-0.2, 0) is 11.3 Å². The van der Waals surface area contributed by atoms with Crippen molar-refractivity contribution in [3.8, 4) is 0 Å². The third kappa shape index (κ3) is 3.81. The molecule has 0 aliphatic rings. The normalized spacial score (nSPS) is 10.2. The van der Waals surface area contributed by atoms with Gasteiger partial charge in [-0.25, -0.2) is 14.8 Å². The van der Waals surface area contributed by atoms with Crippen LogP contribution in [0.25, 0.3) is 0 Å². The number of carbonyl (C=O) groups excluding carboxylic acids is 1. The number of nitrogens with one attached hydrogen (secondary N) is 1. The first-order chi connectivity index (χ1) is 9.81. The Kier molecular flexibility index (Phi) is 5.11. The molecule has 0 spiro atoms. The molecular weight excluding hydrogens is 256 g/mol. The minimum atomic E-state index is -0.376. The van der Waals surface area contributed by atoms with Crippen LogP contribution >= 0.6 is 0 Å². The van der Waals surface area contributed by atoms with E-state index in [-0.39, 0.29) is 5.97 Å². The smallest absolute Gasteiger partial charge is 0.341 e. The van der Waals surface area contributed by atoms with Gasteiger partial charge in [-0.15, -0.1) is 0 Å². The maximum absolute atomic E-state index is 11.6. The SMILES string of the molecule is COC(=O)c1cccnc1NCCCCn1ccnc1. The fourth-order valence-electron chi connectivity index (χ4n) is 1.87. The number of aromatic nitrogens is 3. The monoisotopic (exact) mass is 274 g/mol. The maximum Gasteiger partial charge on any atom is 0.341 e. The maximum atomic E-state index is 11.6. The average Bonchev–Trinajstić information content (AvgIpc) is 3.00. The van der Waals surface area contributed by atoms with Crippen molar-refractivity contribution in [2.24, 2.45) is 0 Å². The largest absolute Gasteiger partial charge is 0.465 e. The predicted molar refractivity (Wildman–Crippen MR) is 75.5 cm³/mol. The molecule has 2 aromatic heterocycles. The van der Waals surface area contributed by atoms with Crippen molar-refractivity contribution in [2.45, 2.75) is 19.4 Å². The van der Waals surface area contributed by atoms with Crippen LogP contribution in [-0.4, -0.2) is 34.2 Å². The van der Waals surface area contributed by atoms with Gasteiger partial charge in [0.25, 0.3) is 0 Å². The number of anilines is 1. The summed E-state index contributed by atoms with van der Waals surface area (Å²) in [7, 11) is 1.37. The summed E-state index contributed by atoms with van der Waals surface area (Å²) in [4.78, 5) is 19.7. The Balaban J connectivity index is 1.78. The number of rotatable bonds is 7. The molecule has 1 N–H and O–H groups in total. The van der Waals surface area contributed by atoms with E-state index in [9.17, 15) is 4.79 Å². The number of unbranched alkanes of at least 4 members (excludes halogenated alkanes) is 1. The molecule has 6 heteroatoms. The van der Waals surface area contributed by atoms with Crippen molar-refractivity contribution in [3.05, 3.63) is 42.6 Å². The third-order valence-corrected chi connectivity index (χ3v) is 2.91. The number of carbonyl (C=O) groups is 1. The molecule has 2 aromatic rings. The first-order valence-corrected chi connectivity index (χ1v) is 6.54. The fourth-order valence-corrected chi connectivity index (χ4v) is 1.87. The molecule has 0 fully saturated rings. The zero-order valence-electron chi connectivity index (χ0n) is 11.5. The Morgan fingerprint density at radius 1 is 1.40 bits per heavy atom. The minimum Gasteiger partial charge on any atom is -0.465 e. The summed E-state index contributed by atoms with van der Waals surface area (Å²) in [6.45, 7) is 1.70. The molecule has 0 saturated heterocycles. The van der Waals surface area contributed by atoms with E-state index in [1.165, 1.54) is 7.11 Å². The number of nitrogens with zero attached hydrogens (tertiary/aromatic N) is 3. The van der Waals surface area contributed by atoms with Crippen molar-refractivity contribution < 1.29 is 9.53 Å². The van der Waals surface area contributed by atoms with Crippen molar-refractivity contribution in [1.29, 1.82) is 0 Å². The zero-order valence-corrected chi connectivity index (χ0v) is 11.5. The molecule has 0 aliphatic heterocycles. The van der Waals surface area contributed by atoms with Crippen LogP contribution in [0.4, 0.5) is 5.82 Å². The molecule has 0 unspecified atom stereocenters. The number of hydrogen-bond donors (Lipinski definition) is 1. The van der Waals surface area contributed by atoms with Gasteiger partial charge in [0.1, 0.15) is 11.4 Å². The molecular formula is C14H18N4O2. The van der Waals surface area contributed by atoms with E-state index in [1.54, 1.807) is 24.5 Å². The number of esters is 1. The molecule has 0 radical (unpaired) electrons. The van der Waals surface area contributed by atoms with Gasteiger partial charge in [-0.2, -0.15) is 0 Å². The first kappa shape index (κ1) is 14.0. The second kappa shape index (κ2) is 7.28. The van der Waals surface area contributed by atoms with Crippen LogP contribution in [0, 0.1) is 0 Å². The topological polar surface area (TPSA) is 69.0 Å². The molecule has 0 bridgehead atoms. The number of pyridine rings is 1. The molecule has 0 aliphatic carbocycles. The summed E-state index contributed by atoms with van der Waals surface area (Å²) in [6.07, 6.45) is 9.19. The average molecular weight is 274 g/mol. The highest BCUT2D eigenvalue weighted by Crippen LogP contribution is 2.12. The molecule has 0 amide bonds. The van der Waals surface area contributed by atoms with Crippen LogP contribution in [0.5, 0.6) is 0 Å². The van der Waals surface area contributed by atoms with Crippen molar-refractivity contribution in [2.75, 3.05) is 19.0 Å². The van der Waals surface area contributed by atoms with Crippen LogP contribution in [0.1, 0.15) is 23.2 Å². The lowest BCUT2D eigenvalue weighted by atomic mass is 10.2. The van der Waals surface area contributed by atoms with Crippen molar-refractivity contribution in [3.63, 3.8) is 0 Å². The lowest BCUT2D eigenvalue weighted by Crippen LogP contribution is -2.11. The van der Waals surface area contributed by atoms with Gasteiger partial charge < -0.3 is 14.6 Å². The second-order valence-electron chi connectivity index (χ2n) is 4.33. The van der Waals surface area contributed by atoms with Crippen LogP contribution in [0.2, 0.25) is 0 Å². The third-order valence-electron chi connectivity index (χ3n) is 2.91. The minimum absolute atomic E-state index is 0.376. The Hall–Kier alpha value is -2.37. The number of methoxy groups -OCH3 is 1. The quantitative estimate of drug-likeness (QED) is 0.617. The highest BCUT2D eigenvalue weighted by molar-refractivity contribution is 5.94.